The molecule has 6 aromatic rings. The van der Waals surface area contributed by atoms with E-state index in [1.807, 2.05) is 65.8 Å². The van der Waals surface area contributed by atoms with Crippen molar-refractivity contribution in [3.8, 4) is 11.5 Å². The molecule has 4 fully saturated rings. The number of carboxylic acid groups (broad SMARTS) is 2. The molecular weight excluding hydrogens is 1240 g/mol. The van der Waals surface area contributed by atoms with Crippen LogP contribution in [0.3, 0.4) is 0 Å². The Bertz CT molecular complexity index is 2980. The number of nitrogen functional groups attached to an aromatic ring is 1. The average Bonchev–Trinajstić information content (AvgIpc) is 2.85. The smallest absolute Gasteiger partial charge is 0.305 e. The summed E-state index contributed by atoms with van der Waals surface area (Å²) >= 11 is 6.21. The third kappa shape index (κ3) is 25.2. The van der Waals surface area contributed by atoms with Crippen LogP contribution in [0.4, 0.5) is 17.3 Å². The molecule has 2 unspecified atom stereocenters. The maximum absolute atomic E-state index is 11.2. The number of imidazole rings is 2. The predicted molar refractivity (Wildman–Crippen MR) is 333 cm³/mol. The Labute approximate surface area is 535 Å². The Balaban J connectivity index is 0.000000243. The van der Waals surface area contributed by atoms with E-state index >= 15 is 0 Å². The number of fused-ring (bicyclic) bond motifs is 2. The van der Waals surface area contributed by atoms with Gasteiger partial charge in [0.2, 0.25) is 11.2 Å². The summed E-state index contributed by atoms with van der Waals surface area (Å²) in [6.07, 6.45) is 31.4. The maximum atomic E-state index is 11.2. The zero-order valence-electron chi connectivity index (χ0n) is 51.6. The maximum Gasteiger partial charge on any atom is 0.305 e. The van der Waals surface area contributed by atoms with E-state index in [1.165, 1.54) is 72.0 Å². The van der Waals surface area contributed by atoms with E-state index in [4.69, 9.17) is 71.0 Å². The summed E-state index contributed by atoms with van der Waals surface area (Å²) in [6.45, 7) is 5.10. The van der Waals surface area contributed by atoms with Crippen LogP contribution in [0.2, 0.25) is 5.28 Å². The Hall–Kier alpha value is -6.51. The summed E-state index contributed by atoms with van der Waals surface area (Å²) in [7, 11) is 2.85. The zero-order valence-corrected chi connectivity index (χ0v) is 53.9. The minimum Gasteiger partial charge on any atom is -0.494 e. The number of rotatable bonds is 22. The number of aliphatic carboxylic acids is 2. The van der Waals surface area contributed by atoms with Crippen molar-refractivity contribution < 1.29 is 78.2 Å². The van der Waals surface area contributed by atoms with Gasteiger partial charge in [0, 0.05) is 83.5 Å². The molecule has 2 aliphatic carbocycles. The van der Waals surface area contributed by atoms with Crippen LogP contribution in [-0.2, 0) is 58.5 Å². The second-order valence-electron chi connectivity index (χ2n) is 22.2. The fourth-order valence-corrected chi connectivity index (χ4v) is 11.1. The van der Waals surface area contributed by atoms with Crippen LogP contribution in [0, 0.1) is 0 Å². The first-order chi connectivity index (χ1) is 42.2. The standard InChI is InChI=1S/C30H41N5O4.C16H21ClN4O.C14H21NO3.2C2H4O2.Pd/c1-37-26(36)14-7-2-3-9-19-38-24-17-15-23(16-18-24)32-30-33-27(22-11-5-4-6-12-22)28-29(34-30)35(21-31-28)25-13-8-10-20-39-25;17-16-19-13(11-6-2-1-3-7-11)14-15(20-16)21(10-18-14)12-8-4-5-9-22-12;1-17-14(16)6-4-2-3-5-11-18-13-9-7-12(15)8-10-13;2*1-2(3)4;/h15-18,21-22,25H,2-14,19-20H2,1H3,(H,32,33,34);10-12H,1-9H2;7-10H,2-6,11,15H2,1H3;2*1H3,(H,3,4);. The monoisotopic (exact) mass is 1330 g/mol. The Morgan fingerprint density at radius 3 is 1.41 bits per heavy atom. The molecule has 5 N–H and O–H groups in total. The van der Waals surface area contributed by atoms with Crippen molar-refractivity contribution in [1.29, 1.82) is 0 Å². The third-order valence-electron chi connectivity index (χ3n) is 15.3. The number of nitrogens with one attached hydrogen (secondary N) is 1. The molecule has 24 heteroatoms. The van der Waals surface area contributed by atoms with Crippen molar-refractivity contribution in [2.45, 2.75) is 205 Å². The number of methoxy groups -OCH3 is 2. The van der Waals surface area contributed by atoms with Crippen molar-refractivity contribution in [3.63, 3.8) is 0 Å². The van der Waals surface area contributed by atoms with E-state index < -0.39 is 11.9 Å². The second-order valence-corrected chi connectivity index (χ2v) is 22.5. The topological polar surface area (TPSA) is 289 Å². The first-order valence-electron chi connectivity index (χ1n) is 31.1. The molecule has 88 heavy (non-hydrogen) atoms. The first-order valence-corrected chi connectivity index (χ1v) is 31.5. The molecule has 22 nitrogen and oxygen atoms in total. The summed E-state index contributed by atoms with van der Waals surface area (Å²) in [5, 5.41) is 18.6. The second kappa shape index (κ2) is 40.2. The summed E-state index contributed by atoms with van der Waals surface area (Å²) in [5.41, 5.74) is 12.8. The van der Waals surface area contributed by atoms with Crippen LogP contribution in [-0.4, -0.2) is 114 Å². The fourth-order valence-electron chi connectivity index (χ4n) is 10.9. The van der Waals surface area contributed by atoms with E-state index in [9.17, 15) is 9.59 Å². The molecule has 2 saturated heterocycles. The number of hydrogen-bond acceptors (Lipinski definition) is 18. The van der Waals surface area contributed by atoms with Gasteiger partial charge in [-0.1, -0.05) is 64.2 Å². The molecule has 2 aromatic carbocycles. The van der Waals surface area contributed by atoms with Gasteiger partial charge in [-0.3, -0.25) is 28.3 Å². The van der Waals surface area contributed by atoms with Gasteiger partial charge in [-0.2, -0.15) is 9.97 Å². The van der Waals surface area contributed by atoms with Gasteiger partial charge in [-0.15, -0.1) is 0 Å². The van der Waals surface area contributed by atoms with E-state index in [2.05, 4.69) is 34.3 Å². The number of hydrogen-bond donors (Lipinski definition) is 4. The van der Waals surface area contributed by atoms with Crippen LogP contribution >= 0.6 is 11.6 Å². The molecule has 2 saturated carbocycles. The van der Waals surface area contributed by atoms with Gasteiger partial charge < -0.3 is 49.7 Å². The van der Waals surface area contributed by atoms with Gasteiger partial charge in [-0.25, -0.2) is 19.9 Å². The zero-order chi connectivity index (χ0) is 62.2. The number of ether oxygens (including phenoxy) is 6. The number of nitrogens with zero attached hydrogens (tertiary/aromatic N) is 8. The molecule has 10 rings (SSSR count). The fraction of sp³-hybridized carbons (Fsp3) is 0.594. The molecule has 0 bridgehead atoms. The molecular formula is C64H91ClN10O12Pd. The molecule has 2 aliphatic heterocycles. The van der Waals surface area contributed by atoms with E-state index in [1.54, 1.807) is 0 Å². The van der Waals surface area contributed by atoms with Crippen molar-refractivity contribution in [3.05, 3.63) is 77.9 Å². The van der Waals surface area contributed by atoms with Gasteiger partial charge >= 0.3 is 11.9 Å². The van der Waals surface area contributed by atoms with Gasteiger partial charge in [0.05, 0.1) is 51.5 Å². The number of carbonyl (C=O) groups is 4. The van der Waals surface area contributed by atoms with E-state index in [-0.39, 0.29) is 44.8 Å². The Morgan fingerprint density at radius 1 is 0.568 bits per heavy atom. The summed E-state index contributed by atoms with van der Waals surface area (Å²) in [5.74, 6) is 1.22. The summed E-state index contributed by atoms with van der Waals surface area (Å²) < 4.78 is 36.8. The van der Waals surface area contributed by atoms with Crippen molar-refractivity contribution in [1.82, 2.24) is 39.0 Å². The van der Waals surface area contributed by atoms with Crippen LogP contribution in [0.1, 0.15) is 216 Å². The van der Waals surface area contributed by atoms with E-state index in [0.717, 1.165) is 180 Å². The summed E-state index contributed by atoms with van der Waals surface area (Å²) in [6, 6.07) is 15.3. The number of aromatic nitrogens is 8. The number of nitrogens with two attached hydrogens (primary N) is 1. The number of benzene rings is 2. The van der Waals surface area contributed by atoms with Crippen LogP contribution in [0.5, 0.6) is 11.5 Å². The molecule has 2 atom stereocenters. The Morgan fingerprint density at radius 2 is 0.977 bits per heavy atom. The molecule has 0 spiro atoms. The van der Waals surface area contributed by atoms with Crippen LogP contribution in [0.15, 0.2) is 61.2 Å². The molecule has 6 heterocycles. The number of esters is 2. The van der Waals surface area contributed by atoms with Crippen LogP contribution in [0.25, 0.3) is 22.3 Å². The third-order valence-corrected chi connectivity index (χ3v) is 15.5. The van der Waals surface area contributed by atoms with Gasteiger partial charge in [-0.05, 0) is 150 Å². The molecule has 4 aliphatic rings. The number of halogens is 1. The van der Waals surface area contributed by atoms with Gasteiger partial charge in [0.25, 0.3) is 11.9 Å². The molecule has 4 aromatic heterocycles. The molecule has 0 amide bonds. The van der Waals surface area contributed by atoms with Crippen molar-refractivity contribution >= 4 is 75.1 Å². The van der Waals surface area contributed by atoms with Crippen LogP contribution < -0.4 is 20.5 Å². The SMILES string of the molecule is CC(=O)O.CC(=O)O.COC(=O)CCCCCCOc1ccc(N)cc1.COC(=O)CCCCCCOc1ccc(Nc2nc(C3CCCCC3)c3ncn(C4CCCCO4)c3n2)cc1.Clc1nc(C2CCCCC2)c2ncn(C3CCCCO3)c2n1.[Pd]. The molecule has 0 radical (unpaired) electrons. The van der Waals surface area contributed by atoms with Gasteiger partial charge in [0.1, 0.15) is 35.0 Å². The number of anilines is 3. The number of carboxylic acids is 2. The van der Waals surface area contributed by atoms with Crippen molar-refractivity contribution in [2.75, 3.05) is 51.7 Å². The predicted octanol–water partition coefficient (Wildman–Crippen LogP) is 14.0. The Kier molecular flexibility index (Phi) is 33.0. The van der Waals surface area contributed by atoms with Crippen molar-refractivity contribution in [2.24, 2.45) is 0 Å². The molecule has 486 valence electrons. The number of carbonyl (C=O) groups excluding carboxylic acids is 2. The minimum absolute atomic E-state index is 0. The quantitative estimate of drug-likeness (QED) is 0.0161. The van der Waals surface area contributed by atoms with E-state index in [0.29, 0.717) is 49.1 Å². The normalized spacial score (nSPS) is 16.7. The number of unbranched alkanes of at least 4 members (excludes halogenated alkanes) is 6. The van der Waals surface area contributed by atoms with Gasteiger partial charge in [0.15, 0.2) is 11.3 Å². The minimum atomic E-state index is -0.833. The largest absolute Gasteiger partial charge is 0.494 e. The first kappa shape index (κ1) is 72.2. The summed E-state index contributed by atoms with van der Waals surface area (Å²) in [4.78, 5) is 68.3. The average molecular weight is 1330 g/mol.